The van der Waals surface area contributed by atoms with E-state index in [2.05, 4.69) is 5.32 Å². The van der Waals surface area contributed by atoms with Gasteiger partial charge in [0.2, 0.25) is 10.0 Å². The van der Waals surface area contributed by atoms with Gasteiger partial charge >= 0.3 is 0 Å². The van der Waals surface area contributed by atoms with Crippen LogP contribution in [-0.4, -0.2) is 42.5 Å². The van der Waals surface area contributed by atoms with E-state index in [0.29, 0.717) is 43.1 Å². The first-order valence-electron chi connectivity index (χ1n) is 7.47. The molecule has 1 heterocycles. The zero-order valence-corrected chi connectivity index (χ0v) is 14.4. The zero-order valence-electron chi connectivity index (χ0n) is 12.9. The third kappa shape index (κ3) is 4.63. The van der Waals surface area contributed by atoms with Crippen LogP contribution in [0.25, 0.3) is 0 Å². The molecule has 1 aromatic carbocycles. The van der Waals surface area contributed by atoms with Crippen molar-refractivity contribution in [3.8, 4) is 0 Å². The van der Waals surface area contributed by atoms with E-state index in [1.807, 2.05) is 0 Å². The van der Waals surface area contributed by atoms with E-state index >= 15 is 0 Å². The smallest absolute Gasteiger partial charge is 0.269 e. The Balaban J connectivity index is 1.91. The van der Waals surface area contributed by atoms with Crippen molar-refractivity contribution in [3.05, 3.63) is 38.9 Å². The van der Waals surface area contributed by atoms with Gasteiger partial charge in [0, 0.05) is 42.8 Å². The fourth-order valence-corrected chi connectivity index (χ4v) is 3.90. The highest BCUT2D eigenvalue weighted by molar-refractivity contribution is 7.89. The number of halogens is 1. The Morgan fingerprint density at radius 3 is 2.61 bits per heavy atom. The molecule has 0 atom stereocenters. The summed E-state index contributed by atoms with van der Waals surface area (Å²) in [5.74, 6) is 0.119. The SMILES string of the molecule is CCS(=O)(=O)N1CCC(NCc2cc([N+](=O)[O-])ccc2Cl)CC1. The molecule has 1 aliphatic rings. The molecule has 0 radical (unpaired) electrons. The summed E-state index contributed by atoms with van der Waals surface area (Å²) in [5.41, 5.74) is 0.680. The van der Waals surface area contributed by atoms with Gasteiger partial charge in [0.25, 0.3) is 5.69 Å². The third-order valence-electron chi connectivity index (χ3n) is 4.03. The summed E-state index contributed by atoms with van der Waals surface area (Å²) >= 11 is 6.07. The fourth-order valence-electron chi connectivity index (χ4n) is 2.59. The molecule has 0 spiro atoms. The van der Waals surface area contributed by atoms with Crippen LogP contribution >= 0.6 is 11.6 Å². The molecule has 9 heteroatoms. The average molecular weight is 362 g/mol. The first-order chi connectivity index (χ1) is 10.8. The van der Waals surface area contributed by atoms with Gasteiger partial charge in [0.15, 0.2) is 0 Å². The maximum absolute atomic E-state index is 11.8. The van der Waals surface area contributed by atoms with E-state index in [9.17, 15) is 18.5 Å². The largest absolute Gasteiger partial charge is 0.310 e. The number of non-ortho nitro benzene ring substituents is 1. The molecule has 1 saturated heterocycles. The Morgan fingerprint density at radius 2 is 2.04 bits per heavy atom. The summed E-state index contributed by atoms with van der Waals surface area (Å²) in [6.45, 7) is 3.06. The van der Waals surface area contributed by atoms with Crippen molar-refractivity contribution in [3.63, 3.8) is 0 Å². The molecule has 2 rings (SSSR count). The second-order valence-electron chi connectivity index (χ2n) is 5.49. The lowest BCUT2D eigenvalue weighted by Crippen LogP contribution is -2.45. The molecule has 0 saturated carbocycles. The van der Waals surface area contributed by atoms with Gasteiger partial charge in [0.05, 0.1) is 10.7 Å². The van der Waals surface area contributed by atoms with Crippen LogP contribution < -0.4 is 5.32 Å². The van der Waals surface area contributed by atoms with Crippen molar-refractivity contribution in [2.75, 3.05) is 18.8 Å². The molecule has 0 aliphatic carbocycles. The van der Waals surface area contributed by atoms with Crippen LogP contribution in [0.15, 0.2) is 18.2 Å². The Kier molecular flexibility index (Phi) is 5.96. The molecular weight excluding hydrogens is 342 g/mol. The quantitative estimate of drug-likeness (QED) is 0.619. The zero-order chi connectivity index (χ0) is 17.0. The first kappa shape index (κ1) is 18.1. The molecule has 1 aromatic rings. The lowest BCUT2D eigenvalue weighted by atomic mass is 10.1. The van der Waals surface area contributed by atoms with Gasteiger partial charge in [-0.15, -0.1) is 0 Å². The molecule has 7 nitrogen and oxygen atoms in total. The van der Waals surface area contributed by atoms with Gasteiger partial charge in [-0.1, -0.05) is 11.6 Å². The Hall–Kier alpha value is -1.22. The normalized spacial score (nSPS) is 17.3. The lowest BCUT2D eigenvalue weighted by molar-refractivity contribution is -0.384. The van der Waals surface area contributed by atoms with Crippen molar-refractivity contribution in [2.24, 2.45) is 0 Å². The van der Waals surface area contributed by atoms with Gasteiger partial charge in [-0.05, 0) is 31.4 Å². The highest BCUT2D eigenvalue weighted by atomic mass is 35.5. The fraction of sp³-hybridized carbons (Fsp3) is 0.571. The van der Waals surface area contributed by atoms with Gasteiger partial charge in [-0.25, -0.2) is 12.7 Å². The molecular formula is C14H20ClN3O4S. The summed E-state index contributed by atoms with van der Waals surface area (Å²) in [7, 11) is -3.12. The van der Waals surface area contributed by atoms with Gasteiger partial charge < -0.3 is 5.32 Å². The maximum Gasteiger partial charge on any atom is 0.269 e. The number of sulfonamides is 1. The van der Waals surface area contributed by atoms with Crippen LogP contribution in [0.5, 0.6) is 0 Å². The summed E-state index contributed by atoms with van der Waals surface area (Å²) < 4.78 is 25.1. The van der Waals surface area contributed by atoms with Crippen molar-refractivity contribution < 1.29 is 13.3 Å². The van der Waals surface area contributed by atoms with Crippen molar-refractivity contribution in [1.29, 1.82) is 0 Å². The molecule has 0 bridgehead atoms. The predicted octanol–water partition coefficient (Wildman–Crippen LogP) is 2.15. The number of piperidine rings is 1. The van der Waals surface area contributed by atoms with Crippen molar-refractivity contribution in [1.82, 2.24) is 9.62 Å². The molecule has 128 valence electrons. The average Bonchev–Trinajstić information content (AvgIpc) is 2.54. The van der Waals surface area contributed by atoms with Crippen molar-refractivity contribution in [2.45, 2.75) is 32.4 Å². The Labute approximate surface area is 140 Å². The number of nitrogens with one attached hydrogen (secondary N) is 1. The van der Waals surface area contributed by atoms with Gasteiger partial charge in [0.1, 0.15) is 0 Å². The highest BCUT2D eigenvalue weighted by Gasteiger charge is 2.26. The van der Waals surface area contributed by atoms with Crippen LogP contribution in [0.4, 0.5) is 5.69 Å². The Morgan fingerprint density at radius 1 is 1.39 bits per heavy atom. The van der Waals surface area contributed by atoms with Crippen LogP contribution in [0.3, 0.4) is 0 Å². The van der Waals surface area contributed by atoms with E-state index in [4.69, 9.17) is 11.6 Å². The number of nitro benzene ring substituents is 1. The highest BCUT2D eigenvalue weighted by Crippen LogP contribution is 2.22. The minimum Gasteiger partial charge on any atom is -0.310 e. The van der Waals surface area contributed by atoms with E-state index < -0.39 is 14.9 Å². The molecule has 0 unspecified atom stereocenters. The number of hydrogen-bond acceptors (Lipinski definition) is 5. The summed E-state index contributed by atoms with van der Waals surface area (Å²) in [6, 6.07) is 4.53. The van der Waals surface area contributed by atoms with Gasteiger partial charge in [-0.2, -0.15) is 0 Å². The van der Waals surface area contributed by atoms with Gasteiger partial charge in [-0.3, -0.25) is 10.1 Å². The summed E-state index contributed by atoms with van der Waals surface area (Å²) in [4.78, 5) is 10.4. The monoisotopic (exact) mass is 361 g/mol. The van der Waals surface area contributed by atoms with E-state index in [-0.39, 0.29) is 17.5 Å². The van der Waals surface area contributed by atoms with E-state index in [0.717, 1.165) is 0 Å². The third-order valence-corrected chi connectivity index (χ3v) is 6.28. The van der Waals surface area contributed by atoms with Crippen LogP contribution in [0, 0.1) is 10.1 Å². The maximum atomic E-state index is 11.8. The molecule has 0 amide bonds. The van der Waals surface area contributed by atoms with Crippen LogP contribution in [-0.2, 0) is 16.6 Å². The second-order valence-corrected chi connectivity index (χ2v) is 8.15. The minimum atomic E-state index is -3.12. The van der Waals surface area contributed by atoms with Crippen LogP contribution in [0.1, 0.15) is 25.3 Å². The topological polar surface area (TPSA) is 92.6 Å². The summed E-state index contributed by atoms with van der Waals surface area (Å²) in [5, 5.41) is 14.6. The number of nitrogens with zero attached hydrogens (tertiary/aromatic N) is 2. The standard InChI is InChI=1S/C14H20ClN3O4S/c1-2-23(21,22)17-7-5-12(6-8-17)16-10-11-9-13(18(19)20)3-4-14(11)15/h3-4,9,12,16H,2,5-8,10H2,1H3. The minimum absolute atomic E-state index is 0.00931. The Bertz CT molecular complexity index is 673. The molecule has 1 aliphatic heterocycles. The predicted molar refractivity (Wildman–Crippen MR) is 89.0 cm³/mol. The second kappa shape index (κ2) is 7.57. The number of nitro groups is 1. The number of benzene rings is 1. The molecule has 1 fully saturated rings. The molecule has 0 aromatic heterocycles. The molecule has 1 N–H and O–H groups in total. The number of hydrogen-bond donors (Lipinski definition) is 1. The van der Waals surface area contributed by atoms with Crippen LogP contribution in [0.2, 0.25) is 5.02 Å². The van der Waals surface area contributed by atoms with E-state index in [1.54, 1.807) is 6.92 Å². The first-order valence-corrected chi connectivity index (χ1v) is 9.46. The van der Waals surface area contributed by atoms with E-state index in [1.165, 1.54) is 22.5 Å². The lowest BCUT2D eigenvalue weighted by Gasteiger charge is -2.31. The molecule has 23 heavy (non-hydrogen) atoms. The number of rotatable bonds is 6. The van der Waals surface area contributed by atoms with Crippen molar-refractivity contribution >= 4 is 27.3 Å². The summed E-state index contributed by atoms with van der Waals surface area (Å²) in [6.07, 6.45) is 1.43.